The molecule has 1 aliphatic rings. The summed E-state index contributed by atoms with van der Waals surface area (Å²) in [6.45, 7) is 1.18. The van der Waals surface area contributed by atoms with Crippen molar-refractivity contribution in [3.05, 3.63) is 64.9 Å². The lowest BCUT2D eigenvalue weighted by molar-refractivity contribution is -0.140. The molecule has 1 fully saturated rings. The molecule has 0 bridgehead atoms. The lowest BCUT2D eigenvalue weighted by Crippen LogP contribution is -2.54. The normalized spacial score (nSPS) is 15.2. The fourth-order valence-electron chi connectivity index (χ4n) is 4.61. The van der Waals surface area contributed by atoms with Crippen LogP contribution >= 0.6 is 11.6 Å². The molecular weight excluding hydrogens is 531 g/mol. The second kappa shape index (κ2) is 13.4. The van der Waals surface area contributed by atoms with Gasteiger partial charge in [0, 0.05) is 31.7 Å². The number of halogens is 2. The van der Waals surface area contributed by atoms with Gasteiger partial charge in [0.15, 0.2) is 0 Å². The van der Waals surface area contributed by atoms with Crippen LogP contribution in [0.5, 0.6) is 0 Å². The maximum atomic E-state index is 14.8. The molecule has 0 aliphatic heterocycles. The van der Waals surface area contributed by atoms with E-state index in [9.17, 15) is 22.4 Å². The van der Waals surface area contributed by atoms with Crippen LogP contribution in [0.25, 0.3) is 0 Å². The van der Waals surface area contributed by atoms with Gasteiger partial charge in [-0.15, -0.1) is 0 Å². The zero-order valence-corrected chi connectivity index (χ0v) is 23.6. The molecule has 38 heavy (non-hydrogen) atoms. The molecule has 2 aromatic rings. The molecule has 0 aromatic heterocycles. The Balaban J connectivity index is 1.96. The molecular formula is C27H36ClFN4O4S. The van der Waals surface area contributed by atoms with Crippen LogP contribution in [0.4, 0.5) is 10.1 Å². The first-order chi connectivity index (χ1) is 18.0. The third-order valence-electron chi connectivity index (χ3n) is 6.74. The molecule has 11 heteroatoms. The molecule has 2 amide bonds. The summed E-state index contributed by atoms with van der Waals surface area (Å²) >= 11 is 6.03. The van der Waals surface area contributed by atoms with Crippen LogP contribution < -0.4 is 9.62 Å². The zero-order valence-electron chi connectivity index (χ0n) is 22.1. The molecule has 3 rings (SSSR count). The van der Waals surface area contributed by atoms with Crippen LogP contribution in [0.3, 0.4) is 0 Å². The van der Waals surface area contributed by atoms with Crippen molar-refractivity contribution in [2.75, 3.05) is 24.9 Å². The molecule has 1 saturated carbocycles. The zero-order chi connectivity index (χ0) is 27.9. The van der Waals surface area contributed by atoms with Crippen molar-refractivity contribution in [2.24, 2.45) is 0 Å². The molecule has 1 aliphatic carbocycles. The lowest BCUT2D eigenvalue weighted by Gasteiger charge is -2.35. The second-order valence-corrected chi connectivity index (χ2v) is 12.2. The number of nitrogens with zero attached hydrogens (tertiary/aromatic N) is 3. The van der Waals surface area contributed by atoms with Gasteiger partial charge in [0.1, 0.15) is 18.4 Å². The van der Waals surface area contributed by atoms with Gasteiger partial charge >= 0.3 is 10.2 Å². The topological polar surface area (TPSA) is 90.0 Å². The molecule has 0 spiro atoms. The Bertz CT molecular complexity index is 1200. The Morgan fingerprint density at radius 1 is 1.05 bits per heavy atom. The van der Waals surface area contributed by atoms with E-state index in [1.807, 2.05) is 0 Å². The van der Waals surface area contributed by atoms with E-state index in [1.54, 1.807) is 31.2 Å². The van der Waals surface area contributed by atoms with E-state index >= 15 is 0 Å². The number of anilines is 1. The number of hydrogen-bond donors (Lipinski definition) is 1. The minimum atomic E-state index is -4.24. The maximum absolute atomic E-state index is 14.8. The first-order valence-electron chi connectivity index (χ1n) is 12.8. The monoisotopic (exact) mass is 566 g/mol. The standard InChI is InChI=1S/C27H36ClFN4O4S/c1-4-24(27(35)30-22-10-6-5-7-11-22)32(18-20-14-16-21(28)17-15-20)26(34)19-33(38(36,37)31(2)3)25-13-9-8-12-23(25)29/h8-9,12-17,22,24H,4-7,10-11,18-19H2,1-3H3,(H,30,35)/t24-/m1/s1. The second-order valence-electron chi connectivity index (χ2n) is 9.66. The van der Waals surface area contributed by atoms with Crippen molar-refractivity contribution in [1.82, 2.24) is 14.5 Å². The number of benzene rings is 2. The van der Waals surface area contributed by atoms with E-state index in [2.05, 4.69) is 5.32 Å². The Morgan fingerprint density at radius 3 is 2.26 bits per heavy atom. The van der Waals surface area contributed by atoms with E-state index in [4.69, 9.17) is 11.6 Å². The van der Waals surface area contributed by atoms with Crippen LogP contribution in [-0.4, -0.2) is 62.2 Å². The van der Waals surface area contributed by atoms with Crippen molar-refractivity contribution in [1.29, 1.82) is 0 Å². The van der Waals surface area contributed by atoms with Gasteiger partial charge in [-0.1, -0.05) is 62.1 Å². The number of para-hydroxylation sites is 1. The van der Waals surface area contributed by atoms with Crippen LogP contribution in [-0.2, 0) is 26.3 Å². The van der Waals surface area contributed by atoms with Crippen LogP contribution in [0, 0.1) is 5.82 Å². The molecule has 0 heterocycles. The summed E-state index contributed by atoms with van der Waals surface area (Å²) in [5, 5.41) is 3.61. The van der Waals surface area contributed by atoms with E-state index in [0.717, 1.165) is 52.3 Å². The number of rotatable bonds is 11. The quantitative estimate of drug-likeness (QED) is 0.438. The van der Waals surface area contributed by atoms with Gasteiger partial charge in [0.05, 0.1) is 5.69 Å². The molecule has 208 valence electrons. The summed E-state index contributed by atoms with van der Waals surface area (Å²) in [5.74, 6) is -1.69. The first-order valence-corrected chi connectivity index (χ1v) is 14.6. The Labute approximate surface area is 229 Å². The number of nitrogens with one attached hydrogen (secondary N) is 1. The average molecular weight is 567 g/mol. The Morgan fingerprint density at radius 2 is 1.68 bits per heavy atom. The Hall–Kier alpha value is -2.69. The van der Waals surface area contributed by atoms with E-state index < -0.39 is 34.5 Å². The lowest BCUT2D eigenvalue weighted by atomic mass is 9.95. The highest BCUT2D eigenvalue weighted by Crippen LogP contribution is 2.25. The summed E-state index contributed by atoms with van der Waals surface area (Å²) in [4.78, 5) is 28.6. The van der Waals surface area contributed by atoms with E-state index in [-0.39, 0.29) is 24.2 Å². The van der Waals surface area contributed by atoms with E-state index in [1.165, 1.54) is 37.2 Å². The molecule has 1 N–H and O–H groups in total. The highest BCUT2D eigenvalue weighted by molar-refractivity contribution is 7.90. The summed E-state index contributed by atoms with van der Waals surface area (Å²) < 4.78 is 42.8. The van der Waals surface area contributed by atoms with Crippen molar-refractivity contribution in [3.63, 3.8) is 0 Å². The van der Waals surface area contributed by atoms with Gasteiger partial charge in [0.25, 0.3) is 0 Å². The highest BCUT2D eigenvalue weighted by atomic mass is 35.5. The predicted octanol–water partition coefficient (Wildman–Crippen LogP) is 4.35. The van der Waals surface area contributed by atoms with Gasteiger partial charge in [-0.3, -0.25) is 9.59 Å². The van der Waals surface area contributed by atoms with Gasteiger partial charge in [-0.2, -0.15) is 12.7 Å². The highest BCUT2D eigenvalue weighted by Gasteiger charge is 2.35. The summed E-state index contributed by atoms with van der Waals surface area (Å²) in [6, 6.07) is 11.5. The SMILES string of the molecule is CC[C@H](C(=O)NC1CCCCC1)N(Cc1ccc(Cl)cc1)C(=O)CN(c1ccccc1F)S(=O)(=O)N(C)C. The van der Waals surface area contributed by atoms with Gasteiger partial charge < -0.3 is 10.2 Å². The maximum Gasteiger partial charge on any atom is 0.304 e. The van der Waals surface area contributed by atoms with Gasteiger partial charge in [-0.05, 0) is 49.1 Å². The van der Waals surface area contributed by atoms with Crippen molar-refractivity contribution < 1.29 is 22.4 Å². The van der Waals surface area contributed by atoms with Crippen molar-refractivity contribution in [2.45, 2.75) is 64.1 Å². The molecule has 0 saturated heterocycles. The molecule has 1 atom stereocenters. The van der Waals surface area contributed by atoms with E-state index in [0.29, 0.717) is 11.4 Å². The number of carbonyl (C=O) groups excluding carboxylic acids is 2. The fourth-order valence-corrected chi connectivity index (χ4v) is 5.80. The first kappa shape index (κ1) is 29.9. The van der Waals surface area contributed by atoms with Crippen LogP contribution in [0.15, 0.2) is 48.5 Å². The molecule has 2 aromatic carbocycles. The third kappa shape index (κ3) is 7.45. The fraction of sp³-hybridized carbons (Fsp3) is 0.481. The van der Waals surface area contributed by atoms with Gasteiger partial charge in [0.2, 0.25) is 11.8 Å². The van der Waals surface area contributed by atoms with Crippen molar-refractivity contribution >= 4 is 39.3 Å². The summed E-state index contributed by atoms with van der Waals surface area (Å²) in [7, 11) is -1.61. The predicted molar refractivity (Wildman–Crippen MR) is 147 cm³/mol. The Kier molecular flexibility index (Phi) is 10.5. The molecule has 8 nitrogen and oxygen atoms in total. The van der Waals surface area contributed by atoms with Crippen LogP contribution in [0.2, 0.25) is 5.02 Å². The summed E-state index contributed by atoms with van der Waals surface area (Å²) in [5.41, 5.74) is 0.472. The molecule has 0 unspecified atom stereocenters. The number of hydrogen-bond acceptors (Lipinski definition) is 4. The van der Waals surface area contributed by atoms with Gasteiger partial charge in [-0.25, -0.2) is 8.70 Å². The number of amides is 2. The molecule has 0 radical (unpaired) electrons. The number of carbonyl (C=O) groups is 2. The largest absolute Gasteiger partial charge is 0.352 e. The van der Waals surface area contributed by atoms with Crippen LogP contribution in [0.1, 0.15) is 51.0 Å². The minimum Gasteiger partial charge on any atom is -0.352 e. The summed E-state index contributed by atoms with van der Waals surface area (Å²) in [6.07, 6.45) is 5.30. The average Bonchev–Trinajstić information content (AvgIpc) is 2.89. The smallest absolute Gasteiger partial charge is 0.304 e. The minimum absolute atomic E-state index is 0.0433. The van der Waals surface area contributed by atoms with Crippen molar-refractivity contribution in [3.8, 4) is 0 Å². The third-order valence-corrected chi connectivity index (χ3v) is 8.80.